The molecule has 0 unspecified atom stereocenters. The van der Waals surface area contributed by atoms with Crippen LogP contribution in [0.5, 0.6) is 17.5 Å². The van der Waals surface area contributed by atoms with E-state index >= 15 is 0 Å². The lowest BCUT2D eigenvalue weighted by Crippen LogP contribution is -2.01. The first kappa shape index (κ1) is 17.0. The molecule has 0 spiro atoms. The van der Waals surface area contributed by atoms with Gasteiger partial charge in [-0.2, -0.15) is 5.10 Å². The van der Waals surface area contributed by atoms with E-state index in [1.54, 1.807) is 18.7 Å². The van der Waals surface area contributed by atoms with Gasteiger partial charge in [-0.25, -0.2) is 4.98 Å². The monoisotopic (exact) mass is 361 g/mol. The van der Waals surface area contributed by atoms with Gasteiger partial charge in [0.2, 0.25) is 11.8 Å². The molecule has 4 aromatic rings. The van der Waals surface area contributed by atoms with Gasteiger partial charge in [0, 0.05) is 6.20 Å². The number of hydrogen-bond donors (Lipinski definition) is 0. The fourth-order valence-electron chi connectivity index (χ4n) is 3.06. The molecule has 0 radical (unpaired) electrons. The number of aryl methyl sites for hydroxylation is 2. The van der Waals surface area contributed by atoms with Crippen LogP contribution in [-0.4, -0.2) is 21.8 Å². The summed E-state index contributed by atoms with van der Waals surface area (Å²) in [6.45, 7) is 6.50. The summed E-state index contributed by atoms with van der Waals surface area (Å²) in [5, 5.41) is 8.98. The van der Waals surface area contributed by atoms with Crippen molar-refractivity contribution in [3.05, 3.63) is 60.1 Å². The molecule has 136 valence electrons. The summed E-state index contributed by atoms with van der Waals surface area (Å²) in [5.41, 5.74) is 4.78. The molecule has 4 rings (SSSR count). The van der Waals surface area contributed by atoms with Gasteiger partial charge >= 0.3 is 0 Å². The van der Waals surface area contributed by atoms with Crippen molar-refractivity contribution in [3.63, 3.8) is 0 Å². The highest BCUT2D eigenvalue weighted by atomic mass is 16.5. The summed E-state index contributed by atoms with van der Waals surface area (Å²) in [4.78, 5) is 4.32. The number of hydrogen-bond acceptors (Lipinski definition) is 6. The van der Waals surface area contributed by atoms with Gasteiger partial charge in [-0.1, -0.05) is 6.07 Å². The molecule has 0 fully saturated rings. The average Bonchev–Trinajstić information content (AvgIpc) is 3.13. The Morgan fingerprint density at radius 1 is 1.04 bits per heavy atom. The second-order valence-electron chi connectivity index (χ2n) is 6.17. The van der Waals surface area contributed by atoms with Gasteiger partial charge in [-0.15, -0.1) is 5.10 Å². The van der Waals surface area contributed by atoms with Crippen LogP contribution in [0.4, 0.5) is 0 Å². The molecule has 0 amide bonds. The third kappa shape index (κ3) is 3.21. The minimum Gasteiger partial charge on any atom is -0.476 e. The lowest BCUT2D eigenvalue weighted by molar-refractivity contribution is 0.324. The number of fused-ring (bicyclic) bond motifs is 1. The number of nitrogens with zero attached hydrogens (tertiary/aromatic N) is 3. The molecule has 27 heavy (non-hydrogen) atoms. The number of furan rings is 1. The van der Waals surface area contributed by atoms with E-state index in [-0.39, 0.29) is 0 Å². The summed E-state index contributed by atoms with van der Waals surface area (Å²) in [5.74, 6) is 1.76. The molecule has 0 N–H and O–H groups in total. The summed E-state index contributed by atoms with van der Waals surface area (Å²) in [7, 11) is 0. The number of benzene rings is 1. The SMILES string of the molecule is CCOc1nncc(C)c1-c1ccc(Oc2nccc3occc23)cc1C. The van der Waals surface area contributed by atoms with E-state index in [1.807, 2.05) is 51.1 Å². The van der Waals surface area contributed by atoms with Crippen molar-refractivity contribution < 1.29 is 13.9 Å². The molecule has 3 aromatic heterocycles. The fourth-order valence-corrected chi connectivity index (χ4v) is 3.06. The van der Waals surface area contributed by atoms with Crippen molar-refractivity contribution in [1.82, 2.24) is 15.2 Å². The Labute approximate surface area is 156 Å². The van der Waals surface area contributed by atoms with E-state index in [0.29, 0.717) is 24.1 Å². The van der Waals surface area contributed by atoms with Crippen molar-refractivity contribution in [3.8, 4) is 28.6 Å². The van der Waals surface area contributed by atoms with Gasteiger partial charge in [0.05, 0.1) is 30.0 Å². The Kier molecular flexibility index (Phi) is 4.46. The summed E-state index contributed by atoms with van der Waals surface area (Å²) in [6.07, 6.45) is 5.04. The number of pyridine rings is 1. The number of rotatable bonds is 5. The third-order valence-electron chi connectivity index (χ3n) is 4.31. The molecule has 6 heteroatoms. The molecule has 0 aliphatic heterocycles. The second kappa shape index (κ2) is 7.07. The Morgan fingerprint density at radius 2 is 1.93 bits per heavy atom. The predicted molar refractivity (Wildman–Crippen MR) is 102 cm³/mol. The van der Waals surface area contributed by atoms with Gasteiger partial charge in [0.25, 0.3) is 0 Å². The summed E-state index contributed by atoms with van der Waals surface area (Å²) in [6, 6.07) is 9.56. The highest BCUT2D eigenvalue weighted by Gasteiger charge is 2.15. The zero-order chi connectivity index (χ0) is 18.8. The van der Waals surface area contributed by atoms with Gasteiger partial charge in [-0.3, -0.25) is 0 Å². The zero-order valence-electron chi connectivity index (χ0n) is 15.4. The van der Waals surface area contributed by atoms with Crippen molar-refractivity contribution in [1.29, 1.82) is 0 Å². The first-order valence-corrected chi connectivity index (χ1v) is 8.73. The molecule has 6 nitrogen and oxygen atoms in total. The van der Waals surface area contributed by atoms with E-state index in [0.717, 1.165) is 33.2 Å². The van der Waals surface area contributed by atoms with Crippen molar-refractivity contribution >= 4 is 11.0 Å². The van der Waals surface area contributed by atoms with Crippen LogP contribution in [-0.2, 0) is 0 Å². The van der Waals surface area contributed by atoms with E-state index in [4.69, 9.17) is 13.9 Å². The maximum Gasteiger partial charge on any atom is 0.241 e. The number of ether oxygens (including phenoxy) is 2. The molecule has 0 bridgehead atoms. The lowest BCUT2D eigenvalue weighted by Gasteiger charge is -2.14. The molecule has 0 saturated heterocycles. The Morgan fingerprint density at radius 3 is 2.74 bits per heavy atom. The molecule has 0 aliphatic rings. The topological polar surface area (TPSA) is 70.3 Å². The van der Waals surface area contributed by atoms with Crippen LogP contribution in [0.1, 0.15) is 18.1 Å². The summed E-state index contributed by atoms with van der Waals surface area (Å²) >= 11 is 0. The normalized spacial score (nSPS) is 10.9. The maximum absolute atomic E-state index is 6.00. The van der Waals surface area contributed by atoms with Crippen LogP contribution in [0.3, 0.4) is 0 Å². The molecule has 0 atom stereocenters. The average molecular weight is 361 g/mol. The molecule has 0 saturated carbocycles. The smallest absolute Gasteiger partial charge is 0.241 e. The quantitative estimate of drug-likeness (QED) is 0.493. The van der Waals surface area contributed by atoms with E-state index in [9.17, 15) is 0 Å². The van der Waals surface area contributed by atoms with Crippen molar-refractivity contribution in [2.45, 2.75) is 20.8 Å². The van der Waals surface area contributed by atoms with E-state index < -0.39 is 0 Å². The first-order valence-electron chi connectivity index (χ1n) is 8.73. The van der Waals surface area contributed by atoms with E-state index in [1.165, 1.54) is 0 Å². The Hall–Kier alpha value is -3.41. The summed E-state index contributed by atoms with van der Waals surface area (Å²) < 4.78 is 17.1. The van der Waals surface area contributed by atoms with Gasteiger partial charge in [0.15, 0.2) is 0 Å². The minimum absolute atomic E-state index is 0.519. The zero-order valence-corrected chi connectivity index (χ0v) is 15.4. The van der Waals surface area contributed by atoms with E-state index in [2.05, 4.69) is 15.2 Å². The lowest BCUT2D eigenvalue weighted by atomic mass is 9.98. The first-order chi connectivity index (χ1) is 13.2. The van der Waals surface area contributed by atoms with Crippen LogP contribution in [0, 0.1) is 13.8 Å². The molecule has 1 aromatic carbocycles. The van der Waals surface area contributed by atoms with Crippen LogP contribution >= 0.6 is 0 Å². The third-order valence-corrected chi connectivity index (χ3v) is 4.31. The predicted octanol–water partition coefficient (Wildman–Crippen LogP) is 5.09. The minimum atomic E-state index is 0.519. The van der Waals surface area contributed by atoms with Crippen LogP contribution in [0.2, 0.25) is 0 Å². The molecule has 3 heterocycles. The van der Waals surface area contributed by atoms with Crippen LogP contribution in [0.25, 0.3) is 22.1 Å². The molecular weight excluding hydrogens is 342 g/mol. The van der Waals surface area contributed by atoms with Crippen LogP contribution < -0.4 is 9.47 Å². The maximum atomic E-state index is 6.00. The van der Waals surface area contributed by atoms with Crippen molar-refractivity contribution in [2.75, 3.05) is 6.61 Å². The van der Waals surface area contributed by atoms with Gasteiger partial charge < -0.3 is 13.9 Å². The Balaban J connectivity index is 1.71. The highest BCUT2D eigenvalue weighted by molar-refractivity contribution is 5.82. The van der Waals surface area contributed by atoms with Crippen LogP contribution in [0.15, 0.2) is 53.4 Å². The van der Waals surface area contributed by atoms with Gasteiger partial charge in [-0.05, 0) is 61.7 Å². The van der Waals surface area contributed by atoms with Crippen molar-refractivity contribution in [2.24, 2.45) is 0 Å². The molecule has 0 aliphatic carbocycles. The highest BCUT2D eigenvalue weighted by Crippen LogP contribution is 2.36. The second-order valence-corrected chi connectivity index (χ2v) is 6.17. The van der Waals surface area contributed by atoms with Gasteiger partial charge in [0.1, 0.15) is 11.3 Å². The standard InChI is InChI=1S/C21H19N3O3/c1-4-25-21-19(14(3)12-23-24-21)16-6-5-15(11-13(16)2)27-20-17-8-10-26-18(17)7-9-22-20/h5-12H,4H2,1-3H3. The molecular formula is C21H19N3O3. The Bertz CT molecular complexity index is 1100. The number of aromatic nitrogens is 3. The fraction of sp³-hybridized carbons (Fsp3) is 0.190. The largest absolute Gasteiger partial charge is 0.476 e.